The van der Waals surface area contributed by atoms with Gasteiger partial charge in [-0.15, -0.1) is 0 Å². The lowest BCUT2D eigenvalue weighted by Crippen LogP contribution is -2.93. The number of piperidine rings is 2. The van der Waals surface area contributed by atoms with Crippen LogP contribution in [0, 0.1) is 5.92 Å². The van der Waals surface area contributed by atoms with Crippen molar-refractivity contribution in [2.24, 2.45) is 11.7 Å². The minimum absolute atomic E-state index is 0.396. The molecular weight excluding hydrogens is 162 g/mol. The maximum atomic E-state index is 6.13. The van der Waals surface area contributed by atoms with Gasteiger partial charge in [-0.1, -0.05) is 0 Å². The molecule has 0 aromatic rings. The summed E-state index contributed by atoms with van der Waals surface area (Å²) in [6.45, 7) is 3.51. The fraction of sp³-hybridized carbons (Fsp3) is 1.00. The predicted octanol–water partition coefficient (Wildman–Crippen LogP) is -0.961. The molecule has 2 heterocycles. The molecular formula is C10H22N3+. The van der Waals surface area contributed by atoms with E-state index < -0.39 is 0 Å². The van der Waals surface area contributed by atoms with Crippen LogP contribution >= 0.6 is 0 Å². The third-order valence-corrected chi connectivity index (χ3v) is 3.60. The second-order valence-electron chi connectivity index (χ2n) is 4.50. The molecule has 0 saturated carbocycles. The van der Waals surface area contributed by atoms with Gasteiger partial charge >= 0.3 is 0 Å². The minimum atomic E-state index is 0.396. The summed E-state index contributed by atoms with van der Waals surface area (Å²) in [6.07, 6.45) is 5.48. The third kappa shape index (κ3) is 2.22. The highest BCUT2D eigenvalue weighted by Gasteiger charge is 2.32. The van der Waals surface area contributed by atoms with Gasteiger partial charge in [0.2, 0.25) is 0 Å². The fourth-order valence-corrected chi connectivity index (χ4v) is 2.80. The quantitative estimate of drug-likeness (QED) is 0.491. The molecule has 0 spiro atoms. The first-order valence-corrected chi connectivity index (χ1v) is 5.67. The van der Waals surface area contributed by atoms with Crippen molar-refractivity contribution in [2.45, 2.75) is 37.8 Å². The lowest BCUT2D eigenvalue weighted by molar-refractivity contribution is -0.704. The Bertz CT molecular complexity index is 154. The number of rotatable bonds is 1. The maximum absolute atomic E-state index is 6.13. The Morgan fingerprint density at radius 3 is 2.85 bits per heavy atom. The highest BCUT2D eigenvalue weighted by atomic mass is 15.0. The van der Waals surface area contributed by atoms with Crippen LogP contribution in [0.2, 0.25) is 0 Å². The minimum Gasteiger partial charge on any atom is -0.344 e. The van der Waals surface area contributed by atoms with Crippen molar-refractivity contribution in [3.63, 3.8) is 0 Å². The molecule has 2 aliphatic heterocycles. The third-order valence-electron chi connectivity index (χ3n) is 3.60. The summed E-state index contributed by atoms with van der Waals surface area (Å²) in [7, 11) is 0. The summed E-state index contributed by atoms with van der Waals surface area (Å²) < 4.78 is 0. The predicted molar refractivity (Wildman–Crippen MR) is 53.4 cm³/mol. The molecule has 2 rings (SSSR count). The number of nitrogens with one attached hydrogen (secondary N) is 1. The molecule has 0 amide bonds. The molecule has 0 bridgehead atoms. The van der Waals surface area contributed by atoms with Crippen molar-refractivity contribution in [3.8, 4) is 0 Å². The summed E-state index contributed by atoms with van der Waals surface area (Å²) in [5.74, 6) is 0.765. The lowest BCUT2D eigenvalue weighted by atomic mass is 9.82. The van der Waals surface area contributed by atoms with Crippen molar-refractivity contribution in [1.82, 2.24) is 5.32 Å². The van der Waals surface area contributed by atoms with Crippen molar-refractivity contribution in [3.05, 3.63) is 0 Å². The second kappa shape index (κ2) is 4.40. The van der Waals surface area contributed by atoms with E-state index in [1.807, 2.05) is 0 Å². The number of nitrogens with two attached hydrogens (primary N) is 2. The normalized spacial score (nSPS) is 41.8. The average molecular weight is 184 g/mol. The molecule has 76 valence electrons. The summed E-state index contributed by atoms with van der Waals surface area (Å²) in [5.41, 5.74) is 6.13. The topological polar surface area (TPSA) is 54.7 Å². The zero-order chi connectivity index (χ0) is 9.10. The number of hydrogen-bond acceptors (Lipinski definition) is 2. The van der Waals surface area contributed by atoms with Crippen molar-refractivity contribution in [1.29, 1.82) is 0 Å². The summed E-state index contributed by atoms with van der Waals surface area (Å²) >= 11 is 0. The van der Waals surface area contributed by atoms with Crippen molar-refractivity contribution in [2.75, 3.05) is 19.6 Å². The van der Waals surface area contributed by atoms with E-state index in [0.717, 1.165) is 18.5 Å². The van der Waals surface area contributed by atoms with Gasteiger partial charge in [-0.25, -0.2) is 0 Å². The molecule has 3 atom stereocenters. The molecule has 2 saturated heterocycles. The van der Waals surface area contributed by atoms with Crippen LogP contribution < -0.4 is 16.4 Å². The highest BCUT2D eigenvalue weighted by Crippen LogP contribution is 2.18. The Morgan fingerprint density at radius 2 is 2.15 bits per heavy atom. The van der Waals surface area contributed by atoms with Gasteiger partial charge in [0.25, 0.3) is 0 Å². The summed E-state index contributed by atoms with van der Waals surface area (Å²) in [4.78, 5) is 0. The summed E-state index contributed by atoms with van der Waals surface area (Å²) in [6, 6.07) is 1.22. The van der Waals surface area contributed by atoms with E-state index >= 15 is 0 Å². The molecule has 0 aromatic carbocycles. The van der Waals surface area contributed by atoms with E-state index in [1.54, 1.807) is 0 Å². The SMILES string of the molecule is NC1CNCCC1C1CCCC[NH2+]1. The number of quaternary nitrogens is 1. The van der Waals surface area contributed by atoms with Crippen LogP contribution in [0.5, 0.6) is 0 Å². The molecule has 3 unspecified atom stereocenters. The standard InChI is InChI=1S/C10H21N3/c11-9-7-12-6-4-8(9)10-3-1-2-5-13-10/h8-10,12-13H,1-7,11H2/p+1. The van der Waals surface area contributed by atoms with Crippen LogP contribution in [0.3, 0.4) is 0 Å². The smallest absolute Gasteiger partial charge is 0.0903 e. The maximum Gasteiger partial charge on any atom is 0.0903 e. The Hall–Kier alpha value is -0.120. The summed E-state index contributed by atoms with van der Waals surface area (Å²) in [5, 5.41) is 5.89. The van der Waals surface area contributed by atoms with Crippen LogP contribution in [0.1, 0.15) is 25.7 Å². The molecule has 5 N–H and O–H groups in total. The second-order valence-corrected chi connectivity index (χ2v) is 4.50. The van der Waals surface area contributed by atoms with Gasteiger partial charge in [0.05, 0.1) is 12.6 Å². The monoisotopic (exact) mass is 184 g/mol. The van der Waals surface area contributed by atoms with Gasteiger partial charge < -0.3 is 16.4 Å². The fourth-order valence-electron chi connectivity index (χ4n) is 2.80. The van der Waals surface area contributed by atoms with Crippen LogP contribution in [0.25, 0.3) is 0 Å². The Balaban J connectivity index is 1.88. The van der Waals surface area contributed by atoms with Crippen LogP contribution in [-0.4, -0.2) is 31.7 Å². The van der Waals surface area contributed by atoms with E-state index in [1.165, 1.54) is 38.8 Å². The molecule has 0 radical (unpaired) electrons. The zero-order valence-electron chi connectivity index (χ0n) is 8.34. The van der Waals surface area contributed by atoms with Gasteiger partial charge in [0.15, 0.2) is 0 Å². The van der Waals surface area contributed by atoms with Gasteiger partial charge in [-0.2, -0.15) is 0 Å². The van der Waals surface area contributed by atoms with Gasteiger partial charge in [0, 0.05) is 18.5 Å². The van der Waals surface area contributed by atoms with Gasteiger partial charge in [-0.05, 0) is 32.2 Å². The highest BCUT2D eigenvalue weighted by molar-refractivity contribution is 4.85. The van der Waals surface area contributed by atoms with Crippen LogP contribution in [0.4, 0.5) is 0 Å². The van der Waals surface area contributed by atoms with E-state index in [2.05, 4.69) is 10.6 Å². The van der Waals surface area contributed by atoms with E-state index in [9.17, 15) is 0 Å². The lowest BCUT2D eigenvalue weighted by Gasteiger charge is -2.35. The van der Waals surface area contributed by atoms with E-state index in [0.29, 0.717) is 6.04 Å². The molecule has 3 heteroatoms. The average Bonchev–Trinajstić information content (AvgIpc) is 2.20. The Kier molecular flexibility index (Phi) is 3.19. The molecule has 2 fully saturated rings. The van der Waals surface area contributed by atoms with Crippen molar-refractivity contribution < 1.29 is 5.32 Å². The van der Waals surface area contributed by atoms with Crippen molar-refractivity contribution >= 4 is 0 Å². The molecule has 13 heavy (non-hydrogen) atoms. The van der Waals surface area contributed by atoms with Gasteiger partial charge in [0.1, 0.15) is 0 Å². The van der Waals surface area contributed by atoms with E-state index in [4.69, 9.17) is 5.73 Å². The van der Waals surface area contributed by atoms with Crippen LogP contribution in [0.15, 0.2) is 0 Å². The molecule has 2 aliphatic rings. The molecule has 3 nitrogen and oxygen atoms in total. The molecule has 0 aliphatic carbocycles. The first-order valence-electron chi connectivity index (χ1n) is 5.67. The van der Waals surface area contributed by atoms with E-state index in [-0.39, 0.29) is 0 Å². The Labute approximate surface area is 80.5 Å². The molecule has 0 aromatic heterocycles. The number of hydrogen-bond donors (Lipinski definition) is 3. The Morgan fingerprint density at radius 1 is 1.23 bits per heavy atom. The van der Waals surface area contributed by atoms with Gasteiger partial charge in [-0.3, -0.25) is 0 Å². The first kappa shape index (κ1) is 9.44. The first-order chi connectivity index (χ1) is 6.38. The zero-order valence-corrected chi connectivity index (χ0v) is 8.34. The largest absolute Gasteiger partial charge is 0.344 e. The van der Waals surface area contributed by atoms with Crippen LogP contribution in [-0.2, 0) is 0 Å².